The molecule has 4 rings (SSSR count). The van der Waals surface area contributed by atoms with Gasteiger partial charge in [-0.1, -0.05) is 60.7 Å². The monoisotopic (exact) mass is 415 g/mol. The van der Waals surface area contributed by atoms with E-state index in [-0.39, 0.29) is 24.5 Å². The van der Waals surface area contributed by atoms with Crippen molar-refractivity contribution >= 4 is 23.2 Å². The number of aryl methyl sites for hydroxylation is 1. The highest BCUT2D eigenvalue weighted by molar-refractivity contribution is 6.04. The maximum absolute atomic E-state index is 12.4. The molecule has 31 heavy (non-hydrogen) atoms. The normalized spacial score (nSPS) is 14.8. The van der Waals surface area contributed by atoms with Crippen molar-refractivity contribution in [2.75, 3.05) is 10.6 Å². The van der Waals surface area contributed by atoms with Crippen molar-refractivity contribution in [3.8, 4) is 0 Å². The maximum Gasteiger partial charge on any atom is 0.274 e. The van der Waals surface area contributed by atoms with Crippen LogP contribution in [0.15, 0.2) is 78.9 Å². The first-order valence-electron chi connectivity index (χ1n) is 10.4. The molecule has 3 aromatic rings. The Morgan fingerprint density at radius 1 is 0.903 bits per heavy atom. The molecule has 0 saturated carbocycles. The average molecular weight is 415 g/mol. The van der Waals surface area contributed by atoms with Gasteiger partial charge in [0.25, 0.3) is 5.91 Å². The summed E-state index contributed by atoms with van der Waals surface area (Å²) in [5.74, 6) is -0.387. The fraction of sp³-hybridized carbons (Fsp3) is 0.200. The van der Waals surface area contributed by atoms with Crippen LogP contribution in [0.4, 0.5) is 11.4 Å². The van der Waals surface area contributed by atoms with Crippen LogP contribution in [0.1, 0.15) is 34.3 Å². The first-order valence-corrected chi connectivity index (χ1v) is 10.4. The van der Waals surface area contributed by atoms with Crippen molar-refractivity contribution in [3.63, 3.8) is 0 Å². The first-order chi connectivity index (χ1) is 15.2. The predicted octanol–water partition coefficient (Wildman–Crippen LogP) is 4.30. The third-order valence-electron chi connectivity index (χ3n) is 5.23. The topological polar surface area (TPSA) is 79.5 Å². The molecular weight excluding hydrogens is 390 g/mol. The highest BCUT2D eigenvalue weighted by atomic mass is 16.6. The lowest BCUT2D eigenvalue weighted by Gasteiger charge is -2.27. The molecule has 2 amide bonds. The molecule has 6 nitrogen and oxygen atoms in total. The zero-order chi connectivity index (χ0) is 21.5. The van der Waals surface area contributed by atoms with Gasteiger partial charge >= 0.3 is 0 Å². The predicted molar refractivity (Wildman–Crippen MR) is 121 cm³/mol. The van der Waals surface area contributed by atoms with E-state index in [2.05, 4.69) is 28.2 Å². The van der Waals surface area contributed by atoms with E-state index in [0.717, 1.165) is 24.1 Å². The van der Waals surface area contributed by atoms with Crippen LogP contribution < -0.4 is 16.1 Å². The van der Waals surface area contributed by atoms with Crippen LogP contribution in [0.3, 0.4) is 0 Å². The van der Waals surface area contributed by atoms with E-state index in [1.54, 1.807) is 18.2 Å². The number of hydroxylamine groups is 1. The van der Waals surface area contributed by atoms with Gasteiger partial charge in [-0.3, -0.25) is 14.4 Å². The molecule has 0 aromatic heterocycles. The molecule has 3 N–H and O–H groups in total. The zero-order valence-electron chi connectivity index (χ0n) is 17.1. The van der Waals surface area contributed by atoms with E-state index in [1.165, 1.54) is 5.56 Å². The lowest BCUT2D eigenvalue weighted by atomic mass is 10.0. The summed E-state index contributed by atoms with van der Waals surface area (Å²) in [6.07, 6.45) is 2.51. The van der Waals surface area contributed by atoms with Gasteiger partial charge in [0.05, 0.1) is 18.0 Å². The number of amides is 2. The van der Waals surface area contributed by atoms with Gasteiger partial charge in [-0.25, -0.2) is 5.48 Å². The van der Waals surface area contributed by atoms with E-state index in [1.807, 2.05) is 48.5 Å². The van der Waals surface area contributed by atoms with E-state index in [0.29, 0.717) is 17.7 Å². The molecule has 6 heteroatoms. The average Bonchev–Trinajstić information content (AvgIpc) is 2.80. The van der Waals surface area contributed by atoms with Crippen molar-refractivity contribution in [2.45, 2.75) is 31.9 Å². The summed E-state index contributed by atoms with van der Waals surface area (Å²) in [5.41, 5.74) is 6.56. The molecule has 1 aliphatic rings. The van der Waals surface area contributed by atoms with Crippen molar-refractivity contribution in [3.05, 3.63) is 95.6 Å². The van der Waals surface area contributed by atoms with Crippen molar-refractivity contribution in [1.82, 2.24) is 5.48 Å². The van der Waals surface area contributed by atoms with E-state index in [4.69, 9.17) is 4.84 Å². The van der Waals surface area contributed by atoms with E-state index in [9.17, 15) is 9.59 Å². The third-order valence-corrected chi connectivity index (χ3v) is 5.23. The minimum atomic E-state index is -0.335. The van der Waals surface area contributed by atoms with Gasteiger partial charge in [0.15, 0.2) is 0 Å². The quantitative estimate of drug-likeness (QED) is 0.479. The maximum atomic E-state index is 12.4. The van der Waals surface area contributed by atoms with Crippen molar-refractivity contribution < 1.29 is 14.4 Å². The Hall–Kier alpha value is -3.64. The van der Waals surface area contributed by atoms with Crippen LogP contribution in [0.25, 0.3) is 0 Å². The Kier molecular flexibility index (Phi) is 6.59. The molecule has 1 unspecified atom stereocenters. The second-order valence-electron chi connectivity index (χ2n) is 7.53. The zero-order valence-corrected chi connectivity index (χ0v) is 17.1. The first kappa shape index (κ1) is 20.6. The number of nitrogens with one attached hydrogen (secondary N) is 3. The fourth-order valence-electron chi connectivity index (χ4n) is 3.56. The molecule has 3 aromatic carbocycles. The molecule has 0 aliphatic carbocycles. The van der Waals surface area contributed by atoms with E-state index >= 15 is 0 Å². The summed E-state index contributed by atoms with van der Waals surface area (Å²) < 4.78 is 0. The van der Waals surface area contributed by atoms with Gasteiger partial charge in [0.1, 0.15) is 6.04 Å². The van der Waals surface area contributed by atoms with Crippen LogP contribution in [0.5, 0.6) is 0 Å². The molecule has 1 aliphatic heterocycles. The highest BCUT2D eigenvalue weighted by Crippen LogP contribution is 2.29. The van der Waals surface area contributed by atoms with Crippen LogP contribution in [0, 0.1) is 0 Å². The number of benzene rings is 3. The Morgan fingerprint density at radius 2 is 1.61 bits per heavy atom. The van der Waals surface area contributed by atoms with Crippen LogP contribution in [-0.4, -0.2) is 17.9 Å². The lowest BCUT2D eigenvalue weighted by Crippen LogP contribution is -2.39. The molecule has 0 spiro atoms. The Bertz CT molecular complexity index is 1040. The molecule has 0 fully saturated rings. The van der Waals surface area contributed by atoms with Gasteiger partial charge in [0.2, 0.25) is 5.91 Å². The summed E-state index contributed by atoms with van der Waals surface area (Å²) >= 11 is 0. The standard InChI is InChI=1S/C25H25N3O3/c29-24(28-31-17-19-10-5-2-6-11-19)20-14-15-21-23(16-20)26-22(25(30)27-21)13-7-12-18-8-3-1-4-9-18/h1-6,8-11,14-16,22,26H,7,12-13,17H2,(H,27,30)(H,28,29). The summed E-state index contributed by atoms with van der Waals surface area (Å²) in [4.78, 5) is 30.2. The Labute approximate surface area is 181 Å². The number of carbonyl (C=O) groups is 2. The van der Waals surface area contributed by atoms with Crippen molar-refractivity contribution in [2.24, 2.45) is 0 Å². The number of hydrogen-bond acceptors (Lipinski definition) is 4. The van der Waals surface area contributed by atoms with Crippen LogP contribution in [0.2, 0.25) is 0 Å². The van der Waals surface area contributed by atoms with Gasteiger partial charge in [-0.15, -0.1) is 0 Å². The number of fused-ring (bicyclic) bond motifs is 1. The minimum absolute atomic E-state index is 0.0519. The molecule has 0 bridgehead atoms. The molecule has 0 saturated heterocycles. The van der Waals surface area contributed by atoms with Crippen molar-refractivity contribution in [1.29, 1.82) is 0 Å². The Morgan fingerprint density at radius 3 is 2.35 bits per heavy atom. The lowest BCUT2D eigenvalue weighted by molar-refractivity contribution is -0.117. The number of carbonyl (C=O) groups excluding carboxylic acids is 2. The molecular formula is C25H25N3O3. The van der Waals surface area contributed by atoms with Gasteiger partial charge < -0.3 is 10.6 Å². The number of rotatable bonds is 8. The fourth-order valence-corrected chi connectivity index (χ4v) is 3.56. The second kappa shape index (κ2) is 9.91. The molecule has 0 radical (unpaired) electrons. The number of hydrogen-bond donors (Lipinski definition) is 3. The van der Waals surface area contributed by atoms with Crippen LogP contribution >= 0.6 is 0 Å². The second-order valence-corrected chi connectivity index (χ2v) is 7.53. The largest absolute Gasteiger partial charge is 0.372 e. The number of anilines is 2. The van der Waals surface area contributed by atoms with Gasteiger partial charge in [-0.05, 0) is 48.6 Å². The van der Waals surface area contributed by atoms with E-state index < -0.39 is 0 Å². The molecule has 158 valence electrons. The SMILES string of the molecule is O=C(NOCc1ccccc1)c1ccc2c(c1)NC(CCCc1ccccc1)C(=O)N2. The molecule has 1 atom stereocenters. The molecule has 1 heterocycles. The van der Waals surface area contributed by atoms with Gasteiger partial charge in [-0.2, -0.15) is 0 Å². The smallest absolute Gasteiger partial charge is 0.274 e. The summed E-state index contributed by atoms with van der Waals surface area (Å²) in [6, 6.07) is 24.6. The Balaban J connectivity index is 1.32. The third kappa shape index (κ3) is 5.49. The summed E-state index contributed by atoms with van der Waals surface area (Å²) in [7, 11) is 0. The van der Waals surface area contributed by atoms with Crippen LogP contribution in [-0.2, 0) is 22.7 Å². The summed E-state index contributed by atoms with van der Waals surface area (Å²) in [6.45, 7) is 0.287. The summed E-state index contributed by atoms with van der Waals surface area (Å²) in [5, 5.41) is 6.20. The van der Waals surface area contributed by atoms with Gasteiger partial charge in [0, 0.05) is 5.56 Å². The minimum Gasteiger partial charge on any atom is -0.372 e. The highest BCUT2D eigenvalue weighted by Gasteiger charge is 2.25.